The number of amides is 1. The van der Waals surface area contributed by atoms with Gasteiger partial charge >= 0.3 is 5.97 Å². The van der Waals surface area contributed by atoms with Crippen molar-refractivity contribution in [2.75, 3.05) is 5.32 Å². The Kier molecular flexibility index (Phi) is 4.32. The third-order valence-electron chi connectivity index (χ3n) is 2.59. The second-order valence-corrected chi connectivity index (χ2v) is 4.97. The number of anilines is 1. The molecule has 0 aliphatic carbocycles. The Hall–Kier alpha value is -2.28. The van der Waals surface area contributed by atoms with Gasteiger partial charge in [0, 0.05) is 16.1 Å². The molecular formula is C14H8BrF2NO3. The Morgan fingerprint density at radius 1 is 1.00 bits per heavy atom. The molecule has 2 aromatic carbocycles. The van der Waals surface area contributed by atoms with Crippen molar-refractivity contribution in [1.29, 1.82) is 0 Å². The minimum absolute atomic E-state index is 0.0386. The molecular weight excluding hydrogens is 348 g/mol. The van der Waals surface area contributed by atoms with E-state index in [1.165, 1.54) is 18.2 Å². The number of carboxylic acid groups (broad SMARTS) is 1. The van der Waals surface area contributed by atoms with Gasteiger partial charge in [0.25, 0.3) is 5.91 Å². The van der Waals surface area contributed by atoms with Crippen molar-refractivity contribution in [2.24, 2.45) is 0 Å². The predicted molar refractivity (Wildman–Crippen MR) is 75.4 cm³/mol. The molecule has 0 spiro atoms. The lowest BCUT2D eigenvalue weighted by atomic mass is 10.1. The van der Waals surface area contributed by atoms with Crippen LogP contribution in [0.4, 0.5) is 14.5 Å². The maximum Gasteiger partial charge on any atom is 0.335 e. The summed E-state index contributed by atoms with van der Waals surface area (Å²) < 4.78 is 26.4. The topological polar surface area (TPSA) is 66.4 Å². The molecule has 0 saturated heterocycles. The molecule has 7 heteroatoms. The van der Waals surface area contributed by atoms with Crippen LogP contribution < -0.4 is 5.32 Å². The summed E-state index contributed by atoms with van der Waals surface area (Å²) in [5.41, 5.74) is 0.146. The molecule has 2 rings (SSSR count). The number of halogens is 3. The molecule has 21 heavy (non-hydrogen) atoms. The van der Waals surface area contributed by atoms with Crippen molar-refractivity contribution >= 4 is 33.5 Å². The predicted octanol–water partition coefficient (Wildman–Crippen LogP) is 3.68. The number of nitrogens with one attached hydrogen (secondary N) is 1. The number of benzene rings is 2. The summed E-state index contributed by atoms with van der Waals surface area (Å²) in [7, 11) is 0. The molecule has 0 bridgehead atoms. The second-order valence-electron chi connectivity index (χ2n) is 4.11. The zero-order valence-electron chi connectivity index (χ0n) is 10.4. The molecule has 0 fully saturated rings. The standard InChI is InChI=1S/C14H8BrF2NO3/c15-11-5-7(14(20)21)1-2-12(11)18-13(19)8-3-9(16)6-10(17)4-8/h1-6H,(H,18,19)(H,20,21). The summed E-state index contributed by atoms with van der Waals surface area (Å²) in [6.07, 6.45) is 0. The van der Waals surface area contributed by atoms with Crippen LogP contribution in [-0.4, -0.2) is 17.0 Å². The maximum atomic E-state index is 13.1. The maximum absolute atomic E-state index is 13.1. The second kappa shape index (κ2) is 6.01. The van der Waals surface area contributed by atoms with Crippen LogP contribution in [0.25, 0.3) is 0 Å². The molecule has 0 atom stereocenters. The average molecular weight is 356 g/mol. The summed E-state index contributed by atoms with van der Waals surface area (Å²) in [5.74, 6) is -3.54. The van der Waals surface area contributed by atoms with Gasteiger partial charge in [-0.05, 0) is 46.3 Å². The molecule has 2 aromatic rings. The number of carboxylic acids is 1. The Labute approximate surface area is 126 Å². The number of rotatable bonds is 3. The lowest BCUT2D eigenvalue weighted by molar-refractivity contribution is 0.0696. The van der Waals surface area contributed by atoms with E-state index in [1.54, 1.807) is 0 Å². The van der Waals surface area contributed by atoms with Gasteiger partial charge < -0.3 is 10.4 Å². The van der Waals surface area contributed by atoms with Crippen molar-refractivity contribution < 1.29 is 23.5 Å². The van der Waals surface area contributed by atoms with Crippen LogP contribution in [0.2, 0.25) is 0 Å². The van der Waals surface area contributed by atoms with Gasteiger partial charge in [-0.2, -0.15) is 0 Å². The summed E-state index contributed by atoms with van der Waals surface area (Å²) in [4.78, 5) is 22.7. The monoisotopic (exact) mass is 355 g/mol. The van der Waals surface area contributed by atoms with E-state index < -0.39 is 23.5 Å². The van der Waals surface area contributed by atoms with E-state index in [0.29, 0.717) is 10.5 Å². The molecule has 0 radical (unpaired) electrons. The minimum atomic E-state index is -1.11. The van der Waals surface area contributed by atoms with E-state index in [9.17, 15) is 18.4 Å². The Balaban J connectivity index is 2.25. The molecule has 0 aliphatic heterocycles. The molecule has 108 valence electrons. The summed E-state index contributed by atoms with van der Waals surface area (Å²) in [6, 6.07) is 6.45. The highest BCUT2D eigenvalue weighted by Gasteiger charge is 2.12. The first-order valence-corrected chi connectivity index (χ1v) is 6.46. The van der Waals surface area contributed by atoms with Crippen LogP contribution in [0, 0.1) is 11.6 Å². The average Bonchev–Trinajstić information content (AvgIpc) is 2.39. The number of aromatic carboxylic acids is 1. The fraction of sp³-hybridized carbons (Fsp3) is 0. The summed E-state index contributed by atoms with van der Waals surface area (Å²) in [6.45, 7) is 0. The van der Waals surface area contributed by atoms with Crippen LogP contribution in [0.15, 0.2) is 40.9 Å². The van der Waals surface area contributed by atoms with E-state index in [1.807, 2.05) is 0 Å². The Morgan fingerprint density at radius 3 is 2.14 bits per heavy atom. The van der Waals surface area contributed by atoms with Crippen molar-refractivity contribution in [1.82, 2.24) is 0 Å². The highest BCUT2D eigenvalue weighted by Crippen LogP contribution is 2.24. The first-order valence-electron chi connectivity index (χ1n) is 5.67. The molecule has 0 heterocycles. The third-order valence-corrected chi connectivity index (χ3v) is 3.25. The van der Waals surface area contributed by atoms with Gasteiger partial charge in [0.2, 0.25) is 0 Å². The lowest BCUT2D eigenvalue weighted by Gasteiger charge is -2.08. The fourth-order valence-corrected chi connectivity index (χ4v) is 2.11. The highest BCUT2D eigenvalue weighted by molar-refractivity contribution is 9.10. The number of carbonyl (C=O) groups excluding carboxylic acids is 1. The molecule has 0 saturated carbocycles. The number of hydrogen-bond acceptors (Lipinski definition) is 2. The molecule has 4 nitrogen and oxygen atoms in total. The lowest BCUT2D eigenvalue weighted by Crippen LogP contribution is -2.13. The van der Waals surface area contributed by atoms with Crippen molar-refractivity contribution in [3.8, 4) is 0 Å². The highest BCUT2D eigenvalue weighted by atomic mass is 79.9. The van der Waals surface area contributed by atoms with E-state index in [2.05, 4.69) is 21.2 Å². The first-order chi connectivity index (χ1) is 9.86. The zero-order valence-corrected chi connectivity index (χ0v) is 11.9. The Morgan fingerprint density at radius 2 is 1.62 bits per heavy atom. The summed E-state index contributed by atoms with van der Waals surface area (Å²) >= 11 is 3.12. The minimum Gasteiger partial charge on any atom is -0.478 e. The quantitative estimate of drug-likeness (QED) is 0.882. The van der Waals surface area contributed by atoms with Crippen LogP contribution in [0.3, 0.4) is 0 Å². The van der Waals surface area contributed by atoms with Crippen LogP contribution in [0.1, 0.15) is 20.7 Å². The molecule has 1 amide bonds. The van der Waals surface area contributed by atoms with Gasteiger partial charge in [0.15, 0.2) is 0 Å². The fourth-order valence-electron chi connectivity index (χ4n) is 1.63. The number of hydrogen-bond donors (Lipinski definition) is 2. The number of carbonyl (C=O) groups is 2. The van der Waals surface area contributed by atoms with E-state index >= 15 is 0 Å². The molecule has 0 aliphatic rings. The van der Waals surface area contributed by atoms with Crippen molar-refractivity contribution in [2.45, 2.75) is 0 Å². The van der Waals surface area contributed by atoms with Crippen molar-refractivity contribution in [3.05, 3.63) is 63.6 Å². The van der Waals surface area contributed by atoms with Crippen molar-refractivity contribution in [3.63, 3.8) is 0 Å². The largest absolute Gasteiger partial charge is 0.478 e. The van der Waals surface area contributed by atoms with Gasteiger partial charge in [-0.15, -0.1) is 0 Å². The Bertz CT molecular complexity index is 714. The SMILES string of the molecule is O=C(O)c1ccc(NC(=O)c2cc(F)cc(F)c2)c(Br)c1. The van der Waals surface area contributed by atoms with Gasteiger partial charge in [0.05, 0.1) is 11.3 Å². The normalized spacial score (nSPS) is 10.2. The van der Waals surface area contributed by atoms with Crippen LogP contribution >= 0.6 is 15.9 Å². The van der Waals surface area contributed by atoms with Gasteiger partial charge in [-0.25, -0.2) is 13.6 Å². The first kappa shape index (κ1) is 15.1. The van der Waals surface area contributed by atoms with E-state index in [4.69, 9.17) is 5.11 Å². The van der Waals surface area contributed by atoms with Gasteiger partial charge in [-0.3, -0.25) is 4.79 Å². The smallest absolute Gasteiger partial charge is 0.335 e. The third kappa shape index (κ3) is 3.63. The van der Waals surface area contributed by atoms with Gasteiger partial charge in [0.1, 0.15) is 11.6 Å². The van der Waals surface area contributed by atoms with Crippen LogP contribution in [-0.2, 0) is 0 Å². The molecule has 0 unspecified atom stereocenters. The molecule has 2 N–H and O–H groups in total. The van der Waals surface area contributed by atoms with Crippen LogP contribution in [0.5, 0.6) is 0 Å². The summed E-state index contributed by atoms with van der Waals surface area (Å²) in [5, 5.41) is 11.3. The molecule has 0 aromatic heterocycles. The zero-order chi connectivity index (χ0) is 15.6. The van der Waals surface area contributed by atoms with E-state index in [-0.39, 0.29) is 16.8 Å². The van der Waals surface area contributed by atoms with E-state index in [0.717, 1.165) is 12.1 Å². The van der Waals surface area contributed by atoms with Gasteiger partial charge in [-0.1, -0.05) is 0 Å².